The molecular formula is C24H23F3N4O2S. The topological polar surface area (TPSA) is 88.3 Å². The fourth-order valence-corrected chi connectivity index (χ4v) is 4.80. The summed E-state index contributed by atoms with van der Waals surface area (Å²) in [5.41, 5.74) is 6.70. The first-order valence-electron chi connectivity index (χ1n) is 10.4. The summed E-state index contributed by atoms with van der Waals surface area (Å²) >= 11 is 0. The van der Waals surface area contributed by atoms with Gasteiger partial charge in [0.25, 0.3) is 0 Å². The van der Waals surface area contributed by atoms with Gasteiger partial charge in [0.15, 0.2) is 11.0 Å². The minimum atomic E-state index is -4.61. The van der Waals surface area contributed by atoms with Gasteiger partial charge in [-0.05, 0) is 47.4 Å². The third-order valence-electron chi connectivity index (χ3n) is 5.51. The van der Waals surface area contributed by atoms with E-state index in [-0.39, 0.29) is 23.3 Å². The Morgan fingerprint density at radius 3 is 2.32 bits per heavy atom. The van der Waals surface area contributed by atoms with Crippen LogP contribution in [0, 0.1) is 0 Å². The highest BCUT2D eigenvalue weighted by Crippen LogP contribution is 2.39. The quantitative estimate of drug-likeness (QED) is 0.525. The van der Waals surface area contributed by atoms with Gasteiger partial charge in [-0.1, -0.05) is 39.0 Å². The lowest BCUT2D eigenvalue weighted by Gasteiger charge is -2.24. The molecule has 178 valence electrons. The molecule has 34 heavy (non-hydrogen) atoms. The van der Waals surface area contributed by atoms with Gasteiger partial charge >= 0.3 is 6.18 Å². The largest absolute Gasteiger partial charge is 0.433 e. The Kier molecular flexibility index (Phi) is 5.89. The summed E-state index contributed by atoms with van der Waals surface area (Å²) in [5, 5.41) is 2.91. The first kappa shape index (κ1) is 23.7. The van der Waals surface area contributed by atoms with Crippen molar-refractivity contribution in [1.29, 1.82) is 0 Å². The number of amides is 1. The maximum Gasteiger partial charge on any atom is 0.433 e. The SMILES string of the molecule is CC(C)(C)c1ccc(S(=O)N2Cc3ccc(C(F)(F)F)nc3Nc3ccc(C(N)=O)cc32)cc1. The van der Waals surface area contributed by atoms with Crippen LogP contribution < -0.4 is 15.4 Å². The summed E-state index contributed by atoms with van der Waals surface area (Å²) in [7, 11) is -1.74. The van der Waals surface area contributed by atoms with Gasteiger partial charge in [0.05, 0.1) is 22.8 Å². The zero-order valence-corrected chi connectivity index (χ0v) is 19.6. The van der Waals surface area contributed by atoms with E-state index in [2.05, 4.69) is 31.1 Å². The molecule has 0 saturated heterocycles. The first-order chi connectivity index (χ1) is 15.8. The van der Waals surface area contributed by atoms with Crippen LogP contribution in [0.5, 0.6) is 0 Å². The highest BCUT2D eigenvalue weighted by molar-refractivity contribution is 7.86. The number of rotatable bonds is 3. The molecule has 0 radical (unpaired) electrons. The van der Waals surface area contributed by atoms with E-state index in [0.29, 0.717) is 21.8 Å². The maximum absolute atomic E-state index is 13.7. The summed E-state index contributed by atoms with van der Waals surface area (Å²) < 4.78 is 54.9. The number of aromatic nitrogens is 1. The van der Waals surface area contributed by atoms with Crippen LogP contribution in [-0.4, -0.2) is 15.1 Å². The number of carbonyl (C=O) groups excluding carboxylic acids is 1. The fourth-order valence-electron chi connectivity index (χ4n) is 3.59. The molecule has 1 aliphatic rings. The molecule has 1 aliphatic heterocycles. The van der Waals surface area contributed by atoms with E-state index >= 15 is 0 Å². The maximum atomic E-state index is 13.7. The molecule has 3 N–H and O–H groups in total. The lowest BCUT2D eigenvalue weighted by molar-refractivity contribution is -0.141. The number of anilines is 3. The number of halogens is 3. The number of nitrogens with zero attached hydrogens (tertiary/aromatic N) is 2. The molecule has 0 fully saturated rings. The van der Waals surface area contributed by atoms with Gasteiger partial charge in [0, 0.05) is 11.1 Å². The Balaban J connectivity index is 1.82. The smallest absolute Gasteiger partial charge is 0.366 e. The van der Waals surface area contributed by atoms with E-state index in [1.54, 1.807) is 12.1 Å². The van der Waals surface area contributed by atoms with Crippen LogP contribution in [0.25, 0.3) is 0 Å². The minimum Gasteiger partial charge on any atom is -0.366 e. The number of nitrogens with one attached hydrogen (secondary N) is 1. The molecule has 1 unspecified atom stereocenters. The van der Waals surface area contributed by atoms with Crippen molar-refractivity contribution in [2.75, 3.05) is 9.62 Å². The van der Waals surface area contributed by atoms with E-state index in [1.807, 2.05) is 12.1 Å². The predicted octanol–water partition coefficient (Wildman–Crippen LogP) is 5.28. The number of fused-ring (bicyclic) bond motifs is 2. The molecule has 2 aromatic carbocycles. The van der Waals surface area contributed by atoms with Gasteiger partial charge in [-0.15, -0.1) is 0 Å². The Labute approximate surface area is 197 Å². The second-order valence-electron chi connectivity index (χ2n) is 8.98. The second kappa shape index (κ2) is 8.43. The summed E-state index contributed by atoms with van der Waals surface area (Å²) in [6.45, 7) is 6.21. The Morgan fingerprint density at radius 2 is 1.74 bits per heavy atom. The van der Waals surface area contributed by atoms with Crippen LogP contribution in [0.3, 0.4) is 0 Å². The van der Waals surface area contributed by atoms with Crippen molar-refractivity contribution in [3.63, 3.8) is 0 Å². The Hall–Kier alpha value is -3.40. The zero-order chi connectivity index (χ0) is 24.8. The number of hydrogen-bond acceptors (Lipinski definition) is 4. The number of hydrogen-bond donors (Lipinski definition) is 2. The molecule has 4 rings (SSSR count). The van der Waals surface area contributed by atoms with Crippen LogP contribution >= 0.6 is 0 Å². The highest BCUT2D eigenvalue weighted by atomic mass is 32.2. The molecule has 1 amide bonds. The molecule has 0 aliphatic carbocycles. The monoisotopic (exact) mass is 488 g/mol. The van der Waals surface area contributed by atoms with E-state index in [1.165, 1.54) is 28.6 Å². The standard InChI is InChI=1S/C24H23F3N4O2S/c1-23(2,3)16-6-8-17(9-7-16)34(33)31-13-15-5-11-20(24(25,26)27)30-22(15)29-18-10-4-14(21(28)32)12-19(18)31/h4-12H,13H2,1-3H3,(H2,28,32)(H,29,30). The molecule has 6 nitrogen and oxygen atoms in total. The van der Waals surface area contributed by atoms with Crippen LogP contribution in [0.1, 0.15) is 48.0 Å². The Bertz CT molecular complexity index is 1280. The van der Waals surface area contributed by atoms with Crippen molar-refractivity contribution in [3.05, 3.63) is 77.0 Å². The summed E-state index contributed by atoms with van der Waals surface area (Å²) in [5.74, 6) is -0.673. The Morgan fingerprint density at radius 1 is 1.06 bits per heavy atom. The van der Waals surface area contributed by atoms with E-state index < -0.39 is 28.8 Å². The summed E-state index contributed by atoms with van der Waals surface area (Å²) in [4.78, 5) is 16.1. The van der Waals surface area contributed by atoms with Crippen molar-refractivity contribution in [2.45, 2.75) is 43.8 Å². The van der Waals surface area contributed by atoms with Gasteiger partial charge in [-0.3, -0.25) is 9.10 Å². The number of alkyl halides is 3. The van der Waals surface area contributed by atoms with Gasteiger partial charge < -0.3 is 11.1 Å². The molecule has 0 bridgehead atoms. The van der Waals surface area contributed by atoms with Crippen molar-refractivity contribution < 1.29 is 22.2 Å². The third-order valence-corrected chi connectivity index (χ3v) is 6.91. The number of pyridine rings is 1. The lowest BCUT2D eigenvalue weighted by atomic mass is 9.87. The summed E-state index contributed by atoms with van der Waals surface area (Å²) in [6.07, 6.45) is -4.61. The molecule has 1 aromatic heterocycles. The van der Waals surface area contributed by atoms with Crippen LogP contribution in [0.2, 0.25) is 0 Å². The molecular weight excluding hydrogens is 465 g/mol. The second-order valence-corrected chi connectivity index (χ2v) is 10.4. The fraction of sp³-hybridized carbons (Fsp3) is 0.250. The van der Waals surface area contributed by atoms with E-state index in [4.69, 9.17) is 5.73 Å². The van der Waals surface area contributed by atoms with Gasteiger partial charge in [0.1, 0.15) is 11.5 Å². The lowest BCUT2D eigenvalue weighted by Crippen LogP contribution is -2.25. The predicted molar refractivity (Wildman–Crippen MR) is 125 cm³/mol. The van der Waals surface area contributed by atoms with E-state index in [0.717, 1.165) is 11.6 Å². The number of carbonyl (C=O) groups is 1. The van der Waals surface area contributed by atoms with Gasteiger partial charge in [-0.25, -0.2) is 9.19 Å². The van der Waals surface area contributed by atoms with E-state index in [9.17, 15) is 22.2 Å². The zero-order valence-electron chi connectivity index (χ0n) is 18.7. The summed E-state index contributed by atoms with van der Waals surface area (Å²) in [6, 6.07) is 14.0. The number of nitrogens with two attached hydrogens (primary N) is 1. The van der Waals surface area contributed by atoms with Crippen molar-refractivity contribution in [1.82, 2.24) is 4.98 Å². The van der Waals surface area contributed by atoms with Crippen LogP contribution in [0.4, 0.5) is 30.4 Å². The number of primary amides is 1. The molecule has 3 aromatic rings. The third kappa shape index (κ3) is 4.63. The highest BCUT2D eigenvalue weighted by Gasteiger charge is 2.34. The van der Waals surface area contributed by atoms with Gasteiger partial charge in [-0.2, -0.15) is 13.2 Å². The van der Waals surface area contributed by atoms with Crippen molar-refractivity contribution in [2.24, 2.45) is 5.73 Å². The average molecular weight is 489 g/mol. The molecule has 0 saturated carbocycles. The molecule has 2 heterocycles. The average Bonchev–Trinajstić information content (AvgIpc) is 2.93. The van der Waals surface area contributed by atoms with Crippen molar-refractivity contribution in [3.8, 4) is 0 Å². The molecule has 10 heteroatoms. The van der Waals surface area contributed by atoms with Crippen LogP contribution in [0.15, 0.2) is 59.5 Å². The molecule has 1 atom stereocenters. The van der Waals surface area contributed by atoms with Crippen molar-refractivity contribution >= 4 is 34.1 Å². The molecule has 0 spiro atoms. The van der Waals surface area contributed by atoms with Crippen LogP contribution in [-0.2, 0) is 29.1 Å². The minimum absolute atomic E-state index is 0.00365. The van der Waals surface area contributed by atoms with Gasteiger partial charge in [0.2, 0.25) is 5.91 Å². The number of benzene rings is 2. The normalized spacial score (nSPS) is 14.5. The first-order valence-corrected chi connectivity index (χ1v) is 11.5.